The Morgan fingerprint density at radius 1 is 0.627 bits per heavy atom. The molecule has 2 aliphatic carbocycles. The maximum atomic E-state index is 3.90. The first-order valence-corrected chi connectivity index (χ1v) is 19.0. The van der Waals surface area contributed by atoms with Crippen molar-refractivity contribution in [3.63, 3.8) is 0 Å². The van der Waals surface area contributed by atoms with Crippen LogP contribution in [0.15, 0.2) is 169 Å². The van der Waals surface area contributed by atoms with Crippen LogP contribution >= 0.6 is 0 Å². The second-order valence-corrected chi connectivity index (χ2v) is 12.8. The van der Waals surface area contributed by atoms with Crippen LogP contribution in [0.4, 0.5) is 0 Å². The van der Waals surface area contributed by atoms with E-state index in [4.69, 9.17) is 0 Å². The number of hydrogen-bond acceptors (Lipinski definition) is 0. The van der Waals surface area contributed by atoms with E-state index < -0.39 is 0 Å². The summed E-state index contributed by atoms with van der Waals surface area (Å²) in [4.78, 5) is 0. The number of hydrogen-bond donors (Lipinski definition) is 0. The van der Waals surface area contributed by atoms with Crippen LogP contribution in [0, 0.1) is 13.8 Å². The molecule has 0 atom stereocenters. The van der Waals surface area contributed by atoms with Crippen molar-refractivity contribution in [2.45, 2.75) is 87.0 Å². The van der Waals surface area contributed by atoms with Crippen LogP contribution in [-0.2, 0) is 0 Å². The Morgan fingerprint density at radius 3 is 1.75 bits per heavy atom. The zero-order chi connectivity index (χ0) is 36.8. The van der Waals surface area contributed by atoms with E-state index in [1.54, 1.807) is 0 Å². The van der Waals surface area contributed by atoms with Crippen molar-refractivity contribution in [2.75, 3.05) is 0 Å². The monoisotopic (exact) mass is 672 g/mol. The van der Waals surface area contributed by atoms with E-state index in [2.05, 4.69) is 181 Å². The van der Waals surface area contributed by atoms with Crippen LogP contribution < -0.4 is 0 Å². The fourth-order valence-corrected chi connectivity index (χ4v) is 5.81. The quantitative estimate of drug-likeness (QED) is 0.163. The molecule has 0 fully saturated rings. The molecular weight excluding hydrogens is 613 g/mol. The molecule has 6 rings (SSSR count). The fourth-order valence-electron chi connectivity index (χ4n) is 5.81. The average Bonchev–Trinajstić information content (AvgIpc) is 3.19. The molecule has 0 radical (unpaired) electrons. The molecule has 0 bridgehead atoms. The van der Waals surface area contributed by atoms with Gasteiger partial charge in [-0.25, -0.2) is 0 Å². The van der Waals surface area contributed by atoms with Crippen LogP contribution in [0.5, 0.6) is 0 Å². The van der Waals surface area contributed by atoms with Crippen molar-refractivity contribution < 1.29 is 0 Å². The normalized spacial score (nSPS) is 13.4. The van der Waals surface area contributed by atoms with E-state index in [0.717, 1.165) is 12.8 Å². The summed E-state index contributed by atoms with van der Waals surface area (Å²) in [5.41, 5.74) is 15.1. The van der Waals surface area contributed by atoms with Crippen molar-refractivity contribution in [3.05, 3.63) is 186 Å². The fraction of sp³-hybridized carbons (Fsp3) is 0.255. The van der Waals surface area contributed by atoms with Gasteiger partial charge in [0.15, 0.2) is 0 Å². The van der Waals surface area contributed by atoms with E-state index in [1.807, 2.05) is 26.0 Å². The molecule has 51 heavy (non-hydrogen) atoms. The molecule has 0 spiro atoms. The number of unbranched alkanes of at least 4 members (excludes halogenated alkanes) is 1. The highest BCUT2D eigenvalue weighted by Gasteiger charge is 2.15. The number of allylic oxidation sites excluding steroid dienone is 12. The van der Waals surface area contributed by atoms with Crippen LogP contribution in [-0.4, -0.2) is 0 Å². The smallest absolute Gasteiger partial charge is 0.00300 e. The lowest BCUT2D eigenvalue weighted by Gasteiger charge is -2.17. The van der Waals surface area contributed by atoms with Crippen LogP contribution in [0.25, 0.3) is 39.5 Å². The Morgan fingerprint density at radius 2 is 1.22 bits per heavy atom. The molecular formula is C51H60. The van der Waals surface area contributed by atoms with Gasteiger partial charge in [-0.1, -0.05) is 204 Å². The van der Waals surface area contributed by atoms with Gasteiger partial charge < -0.3 is 0 Å². The molecule has 264 valence electrons. The lowest BCUT2D eigenvalue weighted by Crippen LogP contribution is -1.94. The van der Waals surface area contributed by atoms with Crippen molar-refractivity contribution in [3.8, 4) is 33.4 Å². The first kappa shape index (κ1) is 40.5. The molecule has 2 aliphatic rings. The Labute approximate surface area is 311 Å². The van der Waals surface area contributed by atoms with Gasteiger partial charge in [-0.15, -0.1) is 0 Å². The van der Waals surface area contributed by atoms with Crippen molar-refractivity contribution in [1.82, 2.24) is 0 Å². The molecule has 0 nitrogen and oxygen atoms in total. The Balaban J connectivity index is 0.000000460. The SMILES string of the molecule is C=C/C=C\C(=C/c1cccc(-c2ccc(-c3ccc(C)cc3)cc2)c1-c1ccccc1C)C1=CCCC=C1.CC.CC1=CCCC=C1.CCCC. The van der Waals surface area contributed by atoms with Crippen molar-refractivity contribution in [1.29, 1.82) is 0 Å². The Hall–Kier alpha value is -4.94. The van der Waals surface area contributed by atoms with E-state index in [-0.39, 0.29) is 0 Å². The molecule has 0 unspecified atom stereocenters. The van der Waals surface area contributed by atoms with Gasteiger partial charge >= 0.3 is 0 Å². The third-order valence-corrected chi connectivity index (χ3v) is 8.82. The van der Waals surface area contributed by atoms with Gasteiger partial charge in [-0.3, -0.25) is 0 Å². The Kier molecular flexibility index (Phi) is 18.0. The number of benzene rings is 4. The first-order chi connectivity index (χ1) is 24.9. The average molecular weight is 673 g/mol. The van der Waals surface area contributed by atoms with E-state index in [0.29, 0.717) is 0 Å². The van der Waals surface area contributed by atoms with Crippen LogP contribution in [0.1, 0.15) is 89.8 Å². The molecule has 0 heteroatoms. The maximum absolute atomic E-state index is 3.90. The largest absolute Gasteiger partial charge is 0.0991 e. The zero-order valence-electron chi connectivity index (χ0n) is 32.4. The minimum atomic E-state index is 1.07. The highest BCUT2D eigenvalue weighted by molar-refractivity contribution is 5.92. The predicted octanol–water partition coefficient (Wildman–Crippen LogP) is 15.8. The van der Waals surface area contributed by atoms with Gasteiger partial charge in [-0.05, 0) is 108 Å². The van der Waals surface area contributed by atoms with Crippen LogP contribution in [0.2, 0.25) is 0 Å². The third-order valence-electron chi connectivity index (χ3n) is 8.82. The second-order valence-electron chi connectivity index (χ2n) is 12.8. The van der Waals surface area contributed by atoms with Gasteiger partial charge in [0.2, 0.25) is 0 Å². The summed E-state index contributed by atoms with van der Waals surface area (Å²) in [6.07, 6.45) is 29.1. The molecule has 0 aromatic heterocycles. The molecule has 0 amide bonds. The summed E-state index contributed by atoms with van der Waals surface area (Å²) in [6, 6.07) is 33.1. The highest BCUT2D eigenvalue weighted by atomic mass is 14.2. The maximum Gasteiger partial charge on any atom is -0.00300 e. The molecule has 0 aliphatic heterocycles. The highest BCUT2D eigenvalue weighted by Crippen LogP contribution is 2.39. The van der Waals surface area contributed by atoms with E-state index in [9.17, 15) is 0 Å². The van der Waals surface area contributed by atoms with Crippen LogP contribution in [0.3, 0.4) is 0 Å². The zero-order valence-corrected chi connectivity index (χ0v) is 32.4. The number of aryl methyl sites for hydroxylation is 2. The summed E-state index contributed by atoms with van der Waals surface area (Å²) in [7, 11) is 0. The third kappa shape index (κ3) is 12.7. The standard InChI is InChI=1S/C38H34.C7H10.C4H10.C2H6/c1-4-5-13-34(30-14-7-6-8-15-30)27-35-16-11-18-37(38(35)36-17-10-9-12-29(36)3)33-25-23-32(24-26-33)31-21-19-28(2)20-22-31;1-7-5-3-2-4-6-7;1-3-4-2;1-2/h4-5,7,9-27H,1,6,8H2,2-3H3;3,5-6H,2,4H2,1H3;3-4H2,1-2H3;1-2H3/b13-5-,34-27+;;;. The van der Waals surface area contributed by atoms with Gasteiger partial charge in [0.25, 0.3) is 0 Å². The van der Waals surface area contributed by atoms with E-state index >= 15 is 0 Å². The summed E-state index contributed by atoms with van der Waals surface area (Å²) < 4.78 is 0. The van der Waals surface area contributed by atoms with Gasteiger partial charge in [-0.2, -0.15) is 0 Å². The minimum absolute atomic E-state index is 1.07. The molecule has 0 saturated heterocycles. The van der Waals surface area contributed by atoms with Gasteiger partial charge in [0, 0.05) is 0 Å². The van der Waals surface area contributed by atoms with Crippen molar-refractivity contribution in [2.24, 2.45) is 0 Å². The molecule has 0 N–H and O–H groups in total. The minimum Gasteiger partial charge on any atom is -0.0991 e. The lowest BCUT2D eigenvalue weighted by atomic mass is 9.86. The molecule has 0 heterocycles. The first-order valence-electron chi connectivity index (χ1n) is 19.0. The summed E-state index contributed by atoms with van der Waals surface area (Å²) in [5.74, 6) is 0. The topological polar surface area (TPSA) is 0 Å². The summed E-state index contributed by atoms with van der Waals surface area (Å²) >= 11 is 0. The Bertz CT molecular complexity index is 1830. The molecule has 4 aromatic rings. The molecule has 4 aromatic carbocycles. The lowest BCUT2D eigenvalue weighted by molar-refractivity contribution is 0.886. The van der Waals surface area contributed by atoms with E-state index in [1.165, 1.54) is 92.5 Å². The van der Waals surface area contributed by atoms with Gasteiger partial charge in [0.05, 0.1) is 0 Å². The van der Waals surface area contributed by atoms with Gasteiger partial charge in [0.1, 0.15) is 0 Å². The van der Waals surface area contributed by atoms with Crippen molar-refractivity contribution >= 4 is 6.08 Å². The predicted molar refractivity (Wildman–Crippen MR) is 230 cm³/mol. The summed E-state index contributed by atoms with van der Waals surface area (Å²) in [5, 5.41) is 0. The second kappa shape index (κ2) is 22.7. The number of rotatable bonds is 8. The molecule has 0 saturated carbocycles. The summed E-state index contributed by atoms with van der Waals surface area (Å²) in [6.45, 7) is 18.7.